The van der Waals surface area contributed by atoms with Gasteiger partial charge in [-0.3, -0.25) is 9.59 Å². The van der Waals surface area contributed by atoms with Crippen LogP contribution in [0.2, 0.25) is 0 Å². The van der Waals surface area contributed by atoms with Crippen LogP contribution in [0.3, 0.4) is 0 Å². The van der Waals surface area contributed by atoms with E-state index in [1.807, 2.05) is 42.5 Å². The van der Waals surface area contributed by atoms with Crippen LogP contribution in [0.15, 0.2) is 52.0 Å². The Morgan fingerprint density at radius 3 is 2.35 bits per heavy atom. The summed E-state index contributed by atoms with van der Waals surface area (Å²) in [5, 5.41) is 2.96. The van der Waals surface area contributed by atoms with E-state index in [1.54, 1.807) is 0 Å². The second-order valence-corrected chi connectivity index (χ2v) is 7.36. The molecule has 1 aliphatic rings. The van der Waals surface area contributed by atoms with Gasteiger partial charge in [0.25, 0.3) is 0 Å². The fourth-order valence-corrected chi connectivity index (χ4v) is 2.93. The molecule has 0 unspecified atom stereocenters. The molecule has 1 aromatic rings. The third-order valence-electron chi connectivity index (χ3n) is 4.17. The van der Waals surface area contributed by atoms with Crippen LogP contribution in [0, 0.1) is 11.8 Å². The Hall–Kier alpha value is -1.49. The number of carbonyl (C=O) groups is 2. The molecule has 0 radical (unpaired) electrons. The molecule has 2 atom stereocenters. The number of benzene rings is 1. The summed E-state index contributed by atoms with van der Waals surface area (Å²) in [4.78, 5) is 24.9. The largest absolute Gasteiger partial charge is 0.460 e. The van der Waals surface area contributed by atoms with Crippen LogP contribution in [-0.2, 0) is 20.7 Å². The number of hydrogen-bond donors (Lipinski definition) is 1. The second kappa shape index (κ2) is 10.6. The van der Waals surface area contributed by atoms with Gasteiger partial charge in [0.1, 0.15) is 11.1 Å². The van der Waals surface area contributed by atoms with Crippen molar-refractivity contribution >= 4 is 46.7 Å². The number of halogens is 3. The van der Waals surface area contributed by atoms with Crippen molar-refractivity contribution in [2.75, 3.05) is 13.2 Å². The summed E-state index contributed by atoms with van der Waals surface area (Å²) in [7, 11) is 0. The molecular formula is C19H20Cl3NO3. The summed E-state index contributed by atoms with van der Waals surface area (Å²) in [6, 6.07) is 9.89. The number of allylic oxidation sites excluding steroid dienone is 2. The van der Waals surface area contributed by atoms with Crippen molar-refractivity contribution in [1.29, 1.82) is 0 Å². The summed E-state index contributed by atoms with van der Waals surface area (Å²) in [5.41, 5.74) is 1.15. The molecule has 4 nitrogen and oxygen atoms in total. The van der Waals surface area contributed by atoms with Gasteiger partial charge in [-0.25, -0.2) is 0 Å². The maximum Gasteiger partial charge on any atom is 0.310 e. The topological polar surface area (TPSA) is 55.4 Å². The standard InChI is InChI=1S/C19H20Cl3NO3/c20-16(17(21)22)12-26-19(25)15-9-5-4-8-14(15)18(24)23-11-10-13-6-2-1-3-7-13/h1-7,14-15H,8-12H2,(H,23,24)/t14-,15-/m1/s1. The molecule has 7 heteroatoms. The van der Waals surface area contributed by atoms with E-state index < -0.39 is 17.8 Å². The summed E-state index contributed by atoms with van der Waals surface area (Å²) >= 11 is 16.8. The van der Waals surface area contributed by atoms with Crippen LogP contribution >= 0.6 is 34.8 Å². The molecule has 0 fully saturated rings. The lowest BCUT2D eigenvalue weighted by molar-refractivity contribution is -0.152. The average molecular weight is 417 g/mol. The van der Waals surface area contributed by atoms with Gasteiger partial charge in [0.05, 0.1) is 16.9 Å². The van der Waals surface area contributed by atoms with Crippen molar-refractivity contribution in [3.05, 3.63) is 57.6 Å². The van der Waals surface area contributed by atoms with Crippen molar-refractivity contribution in [2.45, 2.75) is 19.3 Å². The highest BCUT2D eigenvalue weighted by Gasteiger charge is 2.35. The number of ether oxygens (including phenoxy) is 1. The summed E-state index contributed by atoms with van der Waals surface area (Å²) in [5.74, 6) is -1.64. The minimum absolute atomic E-state index is 0.0527. The Balaban J connectivity index is 1.88. The van der Waals surface area contributed by atoms with E-state index in [1.165, 1.54) is 0 Å². The molecule has 0 aliphatic heterocycles. The van der Waals surface area contributed by atoms with Gasteiger partial charge >= 0.3 is 5.97 Å². The quantitative estimate of drug-likeness (QED) is 0.531. The molecule has 26 heavy (non-hydrogen) atoms. The highest BCUT2D eigenvalue weighted by Crippen LogP contribution is 2.28. The monoisotopic (exact) mass is 415 g/mol. The Kier molecular flexibility index (Phi) is 8.49. The molecule has 0 aromatic heterocycles. The van der Waals surface area contributed by atoms with Gasteiger partial charge in [0.15, 0.2) is 0 Å². The van der Waals surface area contributed by atoms with E-state index in [4.69, 9.17) is 39.5 Å². The first-order chi connectivity index (χ1) is 12.5. The number of amides is 1. The minimum atomic E-state index is -0.546. The fourth-order valence-electron chi connectivity index (χ4n) is 2.77. The number of esters is 1. The Morgan fingerprint density at radius 2 is 1.69 bits per heavy atom. The van der Waals surface area contributed by atoms with Crippen molar-refractivity contribution in [3.63, 3.8) is 0 Å². The van der Waals surface area contributed by atoms with Crippen LogP contribution in [0.1, 0.15) is 18.4 Å². The molecule has 0 bridgehead atoms. The SMILES string of the molecule is O=C(NCCc1ccccc1)[C@@H]1CC=CC[C@H]1C(=O)OCC(Cl)=C(Cl)Cl. The lowest BCUT2D eigenvalue weighted by Gasteiger charge is -2.26. The van der Waals surface area contributed by atoms with Crippen molar-refractivity contribution in [2.24, 2.45) is 11.8 Å². The van der Waals surface area contributed by atoms with E-state index in [9.17, 15) is 9.59 Å². The van der Waals surface area contributed by atoms with E-state index >= 15 is 0 Å². The van der Waals surface area contributed by atoms with Crippen molar-refractivity contribution < 1.29 is 14.3 Å². The van der Waals surface area contributed by atoms with Gasteiger partial charge in [-0.2, -0.15) is 0 Å². The summed E-state index contributed by atoms with van der Waals surface area (Å²) in [6.07, 6.45) is 5.47. The smallest absolute Gasteiger partial charge is 0.310 e. The molecule has 0 spiro atoms. The van der Waals surface area contributed by atoms with Crippen LogP contribution in [0.4, 0.5) is 0 Å². The van der Waals surface area contributed by atoms with E-state index in [0.717, 1.165) is 12.0 Å². The zero-order chi connectivity index (χ0) is 18.9. The van der Waals surface area contributed by atoms with Gasteiger partial charge in [-0.05, 0) is 24.8 Å². The third-order valence-corrected chi connectivity index (χ3v) is 5.12. The molecule has 2 rings (SSSR count). The zero-order valence-corrected chi connectivity index (χ0v) is 16.4. The number of rotatable bonds is 7. The second-order valence-electron chi connectivity index (χ2n) is 5.96. The van der Waals surface area contributed by atoms with Crippen molar-refractivity contribution in [1.82, 2.24) is 5.32 Å². The maximum atomic E-state index is 12.5. The minimum Gasteiger partial charge on any atom is -0.460 e. The summed E-state index contributed by atoms with van der Waals surface area (Å²) in [6.45, 7) is 0.312. The Morgan fingerprint density at radius 1 is 1.04 bits per heavy atom. The highest BCUT2D eigenvalue weighted by atomic mass is 35.5. The molecule has 0 saturated heterocycles. The van der Waals surface area contributed by atoms with E-state index in [0.29, 0.717) is 19.4 Å². The van der Waals surface area contributed by atoms with Crippen LogP contribution < -0.4 is 5.32 Å². The fraction of sp³-hybridized carbons (Fsp3) is 0.368. The first kappa shape index (κ1) is 20.8. The molecular weight excluding hydrogens is 397 g/mol. The van der Waals surface area contributed by atoms with Gasteiger partial charge < -0.3 is 10.1 Å². The molecule has 0 heterocycles. The summed E-state index contributed by atoms with van der Waals surface area (Å²) < 4.78 is 5.01. The average Bonchev–Trinajstić information content (AvgIpc) is 2.66. The molecule has 1 aliphatic carbocycles. The number of hydrogen-bond acceptors (Lipinski definition) is 3. The Bertz CT molecular complexity index is 685. The molecule has 140 valence electrons. The third kappa shape index (κ3) is 6.35. The molecule has 1 N–H and O–H groups in total. The predicted octanol–water partition coefficient (Wildman–Crippen LogP) is 4.36. The maximum absolute atomic E-state index is 12.5. The van der Waals surface area contributed by atoms with Crippen LogP contribution in [0.25, 0.3) is 0 Å². The molecule has 1 aromatic carbocycles. The van der Waals surface area contributed by atoms with Gasteiger partial charge in [-0.15, -0.1) is 0 Å². The van der Waals surface area contributed by atoms with Crippen LogP contribution in [0.5, 0.6) is 0 Å². The van der Waals surface area contributed by atoms with E-state index in [2.05, 4.69) is 5.32 Å². The molecule has 1 amide bonds. The lowest BCUT2D eigenvalue weighted by atomic mass is 9.82. The predicted molar refractivity (Wildman–Crippen MR) is 104 cm³/mol. The van der Waals surface area contributed by atoms with E-state index in [-0.39, 0.29) is 22.0 Å². The normalized spacial score (nSPS) is 18.9. The van der Waals surface area contributed by atoms with Gasteiger partial charge in [0.2, 0.25) is 5.91 Å². The van der Waals surface area contributed by atoms with Gasteiger partial charge in [0, 0.05) is 6.54 Å². The lowest BCUT2D eigenvalue weighted by Crippen LogP contribution is -2.40. The zero-order valence-electron chi connectivity index (χ0n) is 14.1. The number of nitrogens with one attached hydrogen (secondary N) is 1. The first-order valence-electron chi connectivity index (χ1n) is 8.32. The van der Waals surface area contributed by atoms with Crippen LogP contribution in [-0.4, -0.2) is 25.0 Å². The number of carbonyl (C=O) groups excluding carboxylic acids is 2. The van der Waals surface area contributed by atoms with Gasteiger partial charge in [-0.1, -0.05) is 77.3 Å². The molecule has 0 saturated carbocycles. The Labute approximate surface area is 168 Å². The highest BCUT2D eigenvalue weighted by molar-refractivity contribution is 6.59. The first-order valence-corrected chi connectivity index (χ1v) is 9.45. The van der Waals surface area contributed by atoms with Crippen molar-refractivity contribution in [3.8, 4) is 0 Å².